The molecule has 0 aromatic carbocycles. The van der Waals surface area contributed by atoms with Crippen molar-refractivity contribution in [1.82, 2.24) is 5.32 Å². The highest BCUT2D eigenvalue weighted by Crippen LogP contribution is 2.09. The highest BCUT2D eigenvalue weighted by Gasteiger charge is 2.15. The highest BCUT2D eigenvalue weighted by atomic mass is 16.6. The van der Waals surface area contributed by atoms with Crippen LogP contribution < -0.4 is 5.32 Å². The molecule has 20 heavy (non-hydrogen) atoms. The second-order valence-corrected chi connectivity index (χ2v) is 5.31. The van der Waals surface area contributed by atoms with Gasteiger partial charge >= 0.3 is 6.09 Å². The Morgan fingerprint density at radius 3 is 1.80 bits per heavy atom. The fourth-order valence-corrected chi connectivity index (χ4v) is 1.11. The lowest BCUT2D eigenvalue weighted by atomic mass is 10.1. The minimum absolute atomic E-state index is 0.331. The summed E-state index contributed by atoms with van der Waals surface area (Å²) in [5, 5.41) is 2.75. The molecule has 0 aromatic heterocycles. The Morgan fingerprint density at radius 1 is 1.00 bits per heavy atom. The summed E-state index contributed by atoms with van der Waals surface area (Å²) in [7, 11) is 0. The van der Waals surface area contributed by atoms with Gasteiger partial charge in [0.15, 0.2) is 0 Å². The van der Waals surface area contributed by atoms with Gasteiger partial charge in [0.05, 0.1) is 0 Å². The van der Waals surface area contributed by atoms with Crippen LogP contribution >= 0.6 is 0 Å². The number of allylic oxidation sites excluding steroid dienone is 2. The normalized spacial score (nSPS) is 9.30. The SMILES string of the molecule is CC.CC.CC(C)=C(C)CCCNC(=O)OC(C)(C)C. The van der Waals surface area contributed by atoms with Crippen molar-refractivity contribution in [3.05, 3.63) is 11.1 Å². The van der Waals surface area contributed by atoms with Crippen LogP contribution in [0.4, 0.5) is 4.79 Å². The second-order valence-electron chi connectivity index (χ2n) is 5.31. The standard InChI is InChI=1S/C13H25NO2.2C2H6/c1-10(2)11(3)8-7-9-14-12(15)16-13(4,5)6;2*1-2/h7-9H2,1-6H3,(H,14,15);2*1-2H3. The molecule has 0 aliphatic heterocycles. The third-order valence-electron chi connectivity index (χ3n) is 2.25. The summed E-state index contributed by atoms with van der Waals surface area (Å²) in [5.41, 5.74) is 2.34. The maximum atomic E-state index is 11.3. The molecule has 0 bridgehead atoms. The van der Waals surface area contributed by atoms with E-state index < -0.39 is 5.60 Å². The summed E-state index contributed by atoms with van der Waals surface area (Å²) in [6, 6.07) is 0. The zero-order valence-electron chi connectivity index (χ0n) is 15.4. The summed E-state index contributed by atoms with van der Waals surface area (Å²) in [6.07, 6.45) is 1.65. The van der Waals surface area contributed by atoms with E-state index in [4.69, 9.17) is 4.74 Å². The lowest BCUT2D eigenvalue weighted by Gasteiger charge is -2.19. The quantitative estimate of drug-likeness (QED) is 0.532. The van der Waals surface area contributed by atoms with Crippen LogP contribution in [0, 0.1) is 0 Å². The predicted molar refractivity (Wildman–Crippen MR) is 90.2 cm³/mol. The van der Waals surface area contributed by atoms with E-state index in [1.807, 2.05) is 48.5 Å². The lowest BCUT2D eigenvalue weighted by Crippen LogP contribution is -2.33. The second kappa shape index (κ2) is 14.4. The van der Waals surface area contributed by atoms with Gasteiger partial charge < -0.3 is 10.1 Å². The molecular formula is C17H37NO2. The van der Waals surface area contributed by atoms with Gasteiger partial charge in [0, 0.05) is 6.54 Å². The van der Waals surface area contributed by atoms with Crippen molar-refractivity contribution in [1.29, 1.82) is 0 Å². The first-order valence-electron chi connectivity index (χ1n) is 7.82. The van der Waals surface area contributed by atoms with E-state index >= 15 is 0 Å². The molecule has 0 radical (unpaired) electrons. The molecule has 0 saturated heterocycles. The molecule has 0 aliphatic carbocycles. The minimum Gasteiger partial charge on any atom is -0.444 e. The van der Waals surface area contributed by atoms with Gasteiger partial charge in [-0.25, -0.2) is 4.79 Å². The number of amides is 1. The minimum atomic E-state index is -0.417. The smallest absolute Gasteiger partial charge is 0.407 e. The first-order valence-corrected chi connectivity index (χ1v) is 7.82. The topological polar surface area (TPSA) is 38.3 Å². The van der Waals surface area contributed by atoms with Crippen LogP contribution in [-0.2, 0) is 4.74 Å². The van der Waals surface area contributed by atoms with E-state index in [2.05, 4.69) is 26.1 Å². The van der Waals surface area contributed by atoms with Gasteiger partial charge in [0.2, 0.25) is 0 Å². The molecule has 0 atom stereocenters. The maximum Gasteiger partial charge on any atom is 0.407 e. The molecule has 0 unspecified atom stereocenters. The van der Waals surface area contributed by atoms with E-state index in [9.17, 15) is 4.79 Å². The van der Waals surface area contributed by atoms with Gasteiger partial charge in [-0.15, -0.1) is 0 Å². The fraction of sp³-hybridized carbons (Fsp3) is 0.824. The molecule has 0 aromatic rings. The molecule has 3 nitrogen and oxygen atoms in total. The number of hydrogen-bond acceptors (Lipinski definition) is 2. The van der Waals surface area contributed by atoms with Crippen molar-refractivity contribution in [3.63, 3.8) is 0 Å². The van der Waals surface area contributed by atoms with Crippen molar-refractivity contribution >= 4 is 6.09 Å². The summed E-state index contributed by atoms with van der Waals surface area (Å²) in [6.45, 7) is 20.6. The number of carbonyl (C=O) groups excluding carboxylic acids is 1. The monoisotopic (exact) mass is 287 g/mol. The summed E-state index contributed by atoms with van der Waals surface area (Å²) < 4.78 is 5.13. The van der Waals surface area contributed by atoms with Crippen molar-refractivity contribution < 1.29 is 9.53 Å². The molecule has 1 N–H and O–H groups in total. The van der Waals surface area contributed by atoms with Crippen molar-refractivity contribution in [2.24, 2.45) is 0 Å². The van der Waals surface area contributed by atoms with Gasteiger partial charge in [-0.05, 0) is 54.4 Å². The number of nitrogens with one attached hydrogen (secondary N) is 1. The van der Waals surface area contributed by atoms with Gasteiger partial charge in [-0.3, -0.25) is 0 Å². The first-order chi connectivity index (χ1) is 9.22. The van der Waals surface area contributed by atoms with Crippen molar-refractivity contribution in [2.75, 3.05) is 6.54 Å². The zero-order chi connectivity index (χ0) is 16.8. The van der Waals surface area contributed by atoms with Crippen LogP contribution in [-0.4, -0.2) is 18.2 Å². The summed E-state index contributed by atoms with van der Waals surface area (Å²) >= 11 is 0. The van der Waals surface area contributed by atoms with Crippen molar-refractivity contribution in [2.45, 2.75) is 87.7 Å². The largest absolute Gasteiger partial charge is 0.444 e. The van der Waals surface area contributed by atoms with E-state index in [1.54, 1.807) is 0 Å². The average Bonchev–Trinajstić information content (AvgIpc) is 2.37. The van der Waals surface area contributed by atoms with Crippen LogP contribution in [0.15, 0.2) is 11.1 Å². The van der Waals surface area contributed by atoms with Crippen LogP contribution in [0.5, 0.6) is 0 Å². The summed E-state index contributed by atoms with van der Waals surface area (Å²) in [5.74, 6) is 0. The average molecular weight is 287 g/mol. The van der Waals surface area contributed by atoms with Crippen molar-refractivity contribution in [3.8, 4) is 0 Å². The Morgan fingerprint density at radius 2 is 1.45 bits per heavy atom. The molecule has 0 fully saturated rings. The molecule has 122 valence electrons. The number of ether oxygens (including phenoxy) is 1. The third kappa shape index (κ3) is 19.4. The number of carbonyl (C=O) groups is 1. The number of alkyl carbamates (subject to hydrolysis) is 1. The highest BCUT2D eigenvalue weighted by molar-refractivity contribution is 5.67. The van der Waals surface area contributed by atoms with E-state index in [1.165, 1.54) is 11.1 Å². The molecule has 1 amide bonds. The zero-order valence-corrected chi connectivity index (χ0v) is 15.4. The fourth-order valence-electron chi connectivity index (χ4n) is 1.11. The van der Waals surface area contributed by atoms with Crippen LogP contribution in [0.25, 0.3) is 0 Å². The van der Waals surface area contributed by atoms with Gasteiger partial charge in [-0.1, -0.05) is 38.8 Å². The first kappa shape index (κ1) is 24.1. The maximum absolute atomic E-state index is 11.3. The third-order valence-corrected chi connectivity index (χ3v) is 2.25. The van der Waals surface area contributed by atoms with Crippen LogP contribution in [0.2, 0.25) is 0 Å². The van der Waals surface area contributed by atoms with E-state index in [0.29, 0.717) is 6.54 Å². The molecule has 0 saturated carbocycles. The molecule has 0 aliphatic rings. The van der Waals surface area contributed by atoms with E-state index in [0.717, 1.165) is 12.8 Å². The van der Waals surface area contributed by atoms with Gasteiger partial charge in [0.1, 0.15) is 5.60 Å². The molecule has 0 rings (SSSR count). The Bertz CT molecular complexity index is 259. The molecular weight excluding hydrogens is 250 g/mol. The van der Waals surface area contributed by atoms with Crippen LogP contribution in [0.1, 0.15) is 82.1 Å². The molecule has 0 heterocycles. The molecule has 3 heteroatoms. The Hall–Kier alpha value is -0.990. The molecule has 0 spiro atoms. The Balaban J connectivity index is -0.000000656. The lowest BCUT2D eigenvalue weighted by molar-refractivity contribution is 0.0527. The summed E-state index contributed by atoms with van der Waals surface area (Å²) in [4.78, 5) is 11.3. The van der Waals surface area contributed by atoms with Gasteiger partial charge in [0.25, 0.3) is 0 Å². The Labute approximate surface area is 127 Å². The number of rotatable bonds is 4. The Kier molecular flexibility index (Phi) is 17.3. The van der Waals surface area contributed by atoms with E-state index in [-0.39, 0.29) is 6.09 Å². The number of hydrogen-bond donors (Lipinski definition) is 1. The van der Waals surface area contributed by atoms with Crippen LogP contribution in [0.3, 0.4) is 0 Å². The van der Waals surface area contributed by atoms with Gasteiger partial charge in [-0.2, -0.15) is 0 Å². The predicted octanol–water partition coefficient (Wildman–Crippen LogP) is 5.70.